The van der Waals surface area contributed by atoms with Gasteiger partial charge in [0.2, 0.25) is 5.91 Å². The topological polar surface area (TPSA) is 58.6 Å². The highest BCUT2D eigenvalue weighted by atomic mass is 16.5. The third-order valence-corrected chi connectivity index (χ3v) is 5.02. The highest BCUT2D eigenvalue weighted by Crippen LogP contribution is 2.50. The molecule has 26 heavy (non-hydrogen) atoms. The summed E-state index contributed by atoms with van der Waals surface area (Å²) < 4.78 is 5.14. The van der Waals surface area contributed by atoms with E-state index in [9.17, 15) is 9.90 Å². The molecule has 1 atom stereocenters. The number of amides is 1. The zero-order valence-electron chi connectivity index (χ0n) is 15.5. The van der Waals surface area contributed by atoms with Crippen molar-refractivity contribution in [3.63, 3.8) is 0 Å². The molecule has 0 saturated heterocycles. The predicted molar refractivity (Wildman–Crippen MR) is 104 cm³/mol. The first-order valence-electron chi connectivity index (χ1n) is 8.84. The maximum absolute atomic E-state index is 12.7. The summed E-state index contributed by atoms with van der Waals surface area (Å²) in [6.07, 6.45) is 4.12. The first-order chi connectivity index (χ1) is 12.4. The lowest BCUT2D eigenvalue weighted by Crippen LogP contribution is -2.33. The van der Waals surface area contributed by atoms with E-state index >= 15 is 0 Å². The predicted octanol–water partition coefficient (Wildman–Crippen LogP) is 4.11. The summed E-state index contributed by atoms with van der Waals surface area (Å²) in [5.41, 5.74) is 3.22. The van der Waals surface area contributed by atoms with Crippen molar-refractivity contribution in [2.75, 3.05) is 12.4 Å². The number of hydrogen-bond donors (Lipinski definition) is 2. The SMILES string of the molecule is COc1ccc(/C=C/C(O)C2(C(=O)Nc3ccc(C)cc3C)CC2)cc1. The van der Waals surface area contributed by atoms with Gasteiger partial charge in [0, 0.05) is 5.69 Å². The standard InChI is InChI=1S/C22H25NO3/c1-15-4-10-19(16(2)14-15)23-21(25)22(12-13-22)20(24)11-7-17-5-8-18(26-3)9-6-17/h4-11,14,20,24H,12-13H2,1-3H3,(H,23,25)/b11-7+. The molecule has 0 radical (unpaired) electrons. The molecule has 2 N–H and O–H groups in total. The van der Waals surface area contributed by atoms with E-state index in [1.165, 1.54) is 0 Å². The van der Waals surface area contributed by atoms with Crippen LogP contribution < -0.4 is 10.1 Å². The molecule has 1 saturated carbocycles. The molecule has 4 heteroatoms. The Morgan fingerprint density at radius 1 is 1.19 bits per heavy atom. The van der Waals surface area contributed by atoms with Gasteiger partial charge in [-0.25, -0.2) is 0 Å². The van der Waals surface area contributed by atoms with Crippen LogP contribution in [0.25, 0.3) is 6.08 Å². The number of aliphatic hydroxyl groups is 1. The number of benzene rings is 2. The quantitative estimate of drug-likeness (QED) is 0.823. The van der Waals surface area contributed by atoms with E-state index in [0.717, 1.165) is 28.1 Å². The molecule has 1 aliphatic carbocycles. The number of methoxy groups -OCH3 is 1. The summed E-state index contributed by atoms with van der Waals surface area (Å²) >= 11 is 0. The highest BCUT2D eigenvalue weighted by molar-refractivity contribution is 5.98. The number of aryl methyl sites for hydroxylation is 2. The molecule has 1 aliphatic rings. The average molecular weight is 351 g/mol. The van der Waals surface area contributed by atoms with Crippen molar-refractivity contribution < 1.29 is 14.6 Å². The summed E-state index contributed by atoms with van der Waals surface area (Å²) in [6.45, 7) is 4.00. The van der Waals surface area contributed by atoms with E-state index in [0.29, 0.717) is 12.8 Å². The second kappa shape index (κ2) is 7.34. The van der Waals surface area contributed by atoms with Crippen molar-refractivity contribution in [2.24, 2.45) is 5.41 Å². The van der Waals surface area contributed by atoms with E-state index in [2.05, 4.69) is 5.32 Å². The first-order valence-corrected chi connectivity index (χ1v) is 8.84. The molecule has 0 spiro atoms. The Labute approximate surface area is 154 Å². The number of carbonyl (C=O) groups is 1. The van der Waals surface area contributed by atoms with Gasteiger partial charge in [0.15, 0.2) is 0 Å². The maximum atomic E-state index is 12.7. The lowest BCUT2D eigenvalue weighted by Gasteiger charge is -2.20. The molecular formula is C22H25NO3. The van der Waals surface area contributed by atoms with Crippen LogP contribution in [0, 0.1) is 19.3 Å². The number of nitrogens with one attached hydrogen (secondary N) is 1. The Balaban J connectivity index is 1.68. The monoisotopic (exact) mass is 351 g/mol. The van der Waals surface area contributed by atoms with Crippen LogP contribution in [-0.4, -0.2) is 24.2 Å². The van der Waals surface area contributed by atoms with Gasteiger partial charge in [-0.15, -0.1) is 0 Å². The van der Waals surface area contributed by atoms with E-state index in [-0.39, 0.29) is 5.91 Å². The van der Waals surface area contributed by atoms with E-state index in [1.54, 1.807) is 13.2 Å². The van der Waals surface area contributed by atoms with Crippen LogP contribution in [-0.2, 0) is 4.79 Å². The number of rotatable bonds is 6. The minimum Gasteiger partial charge on any atom is -0.497 e. The van der Waals surface area contributed by atoms with Crippen molar-refractivity contribution in [3.05, 3.63) is 65.2 Å². The van der Waals surface area contributed by atoms with Gasteiger partial charge in [-0.3, -0.25) is 4.79 Å². The zero-order chi connectivity index (χ0) is 18.7. The molecular weight excluding hydrogens is 326 g/mol. The molecule has 3 rings (SSSR count). The molecule has 2 aromatic carbocycles. The Morgan fingerprint density at radius 2 is 1.88 bits per heavy atom. The average Bonchev–Trinajstić information content (AvgIpc) is 3.44. The van der Waals surface area contributed by atoms with Gasteiger partial charge in [-0.05, 0) is 56.0 Å². The minimum atomic E-state index is -0.810. The minimum absolute atomic E-state index is 0.115. The Hall–Kier alpha value is -2.59. The van der Waals surface area contributed by atoms with Gasteiger partial charge in [-0.1, -0.05) is 42.0 Å². The fourth-order valence-corrected chi connectivity index (χ4v) is 3.09. The summed E-state index contributed by atoms with van der Waals surface area (Å²) in [6, 6.07) is 13.5. The molecule has 1 unspecified atom stereocenters. The van der Waals surface area contributed by atoms with Crippen molar-refractivity contribution >= 4 is 17.7 Å². The summed E-state index contributed by atoms with van der Waals surface area (Å²) in [7, 11) is 1.62. The lowest BCUT2D eigenvalue weighted by molar-refractivity contribution is -0.124. The summed E-state index contributed by atoms with van der Waals surface area (Å²) in [4.78, 5) is 12.7. The van der Waals surface area contributed by atoms with E-state index in [1.807, 2.05) is 62.4 Å². The molecule has 1 fully saturated rings. The fraction of sp³-hybridized carbons (Fsp3) is 0.318. The molecule has 0 bridgehead atoms. The van der Waals surface area contributed by atoms with Crippen LogP contribution in [0.5, 0.6) is 5.75 Å². The Kier molecular flexibility index (Phi) is 5.14. The Morgan fingerprint density at radius 3 is 2.46 bits per heavy atom. The van der Waals surface area contributed by atoms with Crippen LogP contribution in [0.15, 0.2) is 48.5 Å². The first kappa shape index (κ1) is 18.2. The molecule has 0 aromatic heterocycles. The van der Waals surface area contributed by atoms with Crippen LogP contribution in [0.1, 0.15) is 29.5 Å². The third-order valence-electron chi connectivity index (χ3n) is 5.02. The zero-order valence-corrected chi connectivity index (χ0v) is 15.5. The largest absolute Gasteiger partial charge is 0.497 e. The van der Waals surface area contributed by atoms with Crippen molar-refractivity contribution in [3.8, 4) is 5.75 Å². The number of anilines is 1. The van der Waals surface area contributed by atoms with Gasteiger partial charge in [0.1, 0.15) is 5.75 Å². The molecule has 4 nitrogen and oxygen atoms in total. The number of carbonyl (C=O) groups excluding carboxylic acids is 1. The van der Waals surface area contributed by atoms with Crippen LogP contribution >= 0.6 is 0 Å². The van der Waals surface area contributed by atoms with Gasteiger partial charge < -0.3 is 15.2 Å². The van der Waals surface area contributed by atoms with Crippen molar-refractivity contribution in [1.29, 1.82) is 0 Å². The summed E-state index contributed by atoms with van der Waals surface area (Å²) in [5, 5.41) is 13.6. The normalized spacial score (nSPS) is 16.3. The van der Waals surface area contributed by atoms with Gasteiger partial charge in [0.25, 0.3) is 0 Å². The second-order valence-corrected chi connectivity index (χ2v) is 7.01. The van der Waals surface area contributed by atoms with E-state index in [4.69, 9.17) is 4.74 Å². The molecule has 2 aromatic rings. The third kappa shape index (κ3) is 3.81. The molecule has 0 aliphatic heterocycles. The summed E-state index contributed by atoms with van der Waals surface area (Å²) in [5.74, 6) is 0.672. The van der Waals surface area contributed by atoms with Crippen molar-refractivity contribution in [1.82, 2.24) is 0 Å². The van der Waals surface area contributed by atoms with Crippen LogP contribution in [0.2, 0.25) is 0 Å². The van der Waals surface area contributed by atoms with Gasteiger partial charge in [-0.2, -0.15) is 0 Å². The van der Waals surface area contributed by atoms with Crippen LogP contribution in [0.4, 0.5) is 5.69 Å². The fourth-order valence-electron chi connectivity index (χ4n) is 3.09. The molecule has 136 valence electrons. The van der Waals surface area contributed by atoms with Crippen LogP contribution in [0.3, 0.4) is 0 Å². The van der Waals surface area contributed by atoms with Gasteiger partial charge >= 0.3 is 0 Å². The molecule has 0 heterocycles. The lowest BCUT2D eigenvalue weighted by atomic mass is 9.96. The smallest absolute Gasteiger partial charge is 0.233 e. The molecule has 1 amide bonds. The maximum Gasteiger partial charge on any atom is 0.233 e. The Bertz CT molecular complexity index is 820. The number of aliphatic hydroxyl groups excluding tert-OH is 1. The van der Waals surface area contributed by atoms with Gasteiger partial charge in [0.05, 0.1) is 18.6 Å². The van der Waals surface area contributed by atoms with E-state index < -0.39 is 11.5 Å². The van der Waals surface area contributed by atoms with Crippen molar-refractivity contribution in [2.45, 2.75) is 32.8 Å². The number of ether oxygens (including phenoxy) is 1. The highest BCUT2D eigenvalue weighted by Gasteiger charge is 2.54. The number of hydrogen-bond acceptors (Lipinski definition) is 3. The second-order valence-electron chi connectivity index (χ2n) is 7.01.